The average Bonchev–Trinajstić information content (AvgIpc) is 2.38. The first-order chi connectivity index (χ1) is 9.36. The van der Waals surface area contributed by atoms with Crippen molar-refractivity contribution in [3.8, 4) is 0 Å². The number of rotatable bonds is 4. The number of thioether (sulfide) groups is 1. The molecule has 1 fully saturated rings. The normalized spacial score (nSPS) is 25.4. The molecule has 0 aliphatic heterocycles. The van der Waals surface area contributed by atoms with Crippen LogP contribution in [0.4, 0.5) is 0 Å². The highest BCUT2D eigenvalue weighted by molar-refractivity contribution is 8.00. The zero-order chi connectivity index (χ0) is 14.8. The fraction of sp³-hybridized carbons (Fsp3) is 0.600. The second kappa shape index (κ2) is 6.50. The van der Waals surface area contributed by atoms with Crippen molar-refractivity contribution in [2.24, 2.45) is 5.73 Å². The molecule has 3 nitrogen and oxygen atoms in total. The first-order valence-corrected chi connectivity index (χ1v) is 9.91. The fourth-order valence-corrected chi connectivity index (χ4v) is 5.32. The summed E-state index contributed by atoms with van der Waals surface area (Å²) in [7, 11) is -2.91. The van der Waals surface area contributed by atoms with Gasteiger partial charge in [-0.3, -0.25) is 0 Å². The lowest BCUT2D eigenvalue weighted by Crippen LogP contribution is -2.28. The molecule has 3 unspecified atom stereocenters. The van der Waals surface area contributed by atoms with Crippen molar-refractivity contribution >= 4 is 21.6 Å². The molecular weight excluding hydrogens is 290 g/mol. The standard InChI is InChI=1S/C15H23NO2S2/c1-11(16)12-5-3-6-13(9-12)19-14-7-4-8-15(10-14)20(2,17)18/h3,5-6,9,11,14-15H,4,7-8,10,16H2,1-2H3. The molecule has 0 spiro atoms. The summed E-state index contributed by atoms with van der Waals surface area (Å²) in [5, 5.41) is 0.233. The van der Waals surface area contributed by atoms with Gasteiger partial charge in [-0.05, 0) is 43.9 Å². The van der Waals surface area contributed by atoms with Crippen LogP contribution in [0.3, 0.4) is 0 Å². The Labute approximate surface area is 126 Å². The van der Waals surface area contributed by atoms with Gasteiger partial charge in [-0.15, -0.1) is 11.8 Å². The zero-order valence-electron chi connectivity index (χ0n) is 12.1. The number of hydrogen-bond acceptors (Lipinski definition) is 4. The summed E-state index contributed by atoms with van der Waals surface area (Å²) in [5.41, 5.74) is 7.04. The van der Waals surface area contributed by atoms with Crippen molar-refractivity contribution in [2.45, 2.75) is 54.0 Å². The molecule has 0 heterocycles. The summed E-state index contributed by atoms with van der Waals surface area (Å²) in [6.07, 6.45) is 5.05. The molecule has 2 N–H and O–H groups in total. The molecule has 1 aromatic carbocycles. The fourth-order valence-electron chi connectivity index (χ4n) is 2.66. The molecule has 0 radical (unpaired) electrons. The summed E-state index contributed by atoms with van der Waals surface area (Å²) < 4.78 is 23.4. The first-order valence-electron chi connectivity index (χ1n) is 7.07. The van der Waals surface area contributed by atoms with Crippen molar-refractivity contribution < 1.29 is 8.42 Å². The van der Waals surface area contributed by atoms with Gasteiger partial charge >= 0.3 is 0 Å². The smallest absolute Gasteiger partial charge is 0.150 e. The predicted octanol–water partition coefficient (Wildman–Crippen LogP) is 3.15. The van der Waals surface area contributed by atoms with Crippen LogP contribution in [-0.4, -0.2) is 25.2 Å². The maximum absolute atomic E-state index is 11.7. The van der Waals surface area contributed by atoms with Crippen molar-refractivity contribution in [1.82, 2.24) is 0 Å². The number of hydrogen-bond donors (Lipinski definition) is 1. The number of benzene rings is 1. The zero-order valence-corrected chi connectivity index (χ0v) is 13.7. The van der Waals surface area contributed by atoms with E-state index >= 15 is 0 Å². The summed E-state index contributed by atoms with van der Waals surface area (Å²) in [5.74, 6) is 0. The first kappa shape index (κ1) is 15.9. The van der Waals surface area contributed by atoms with E-state index in [1.807, 2.05) is 19.1 Å². The summed E-state index contributed by atoms with van der Waals surface area (Å²) in [6, 6.07) is 8.30. The van der Waals surface area contributed by atoms with E-state index in [1.54, 1.807) is 11.8 Å². The van der Waals surface area contributed by atoms with Gasteiger partial charge in [0.05, 0.1) is 5.25 Å². The van der Waals surface area contributed by atoms with E-state index < -0.39 is 9.84 Å². The highest BCUT2D eigenvalue weighted by Crippen LogP contribution is 2.36. The van der Waals surface area contributed by atoms with E-state index in [1.165, 1.54) is 11.2 Å². The Balaban J connectivity index is 2.04. The highest BCUT2D eigenvalue weighted by atomic mass is 32.2. The predicted molar refractivity (Wildman–Crippen MR) is 85.8 cm³/mol. The molecular formula is C15H23NO2S2. The lowest BCUT2D eigenvalue weighted by atomic mass is 10.00. The van der Waals surface area contributed by atoms with E-state index in [0.29, 0.717) is 5.25 Å². The second-order valence-corrected chi connectivity index (χ2v) is 9.42. The van der Waals surface area contributed by atoms with E-state index in [-0.39, 0.29) is 11.3 Å². The molecule has 1 aromatic rings. The lowest BCUT2D eigenvalue weighted by Gasteiger charge is -2.27. The third-order valence-corrected chi connectivity index (χ3v) is 6.80. The molecule has 0 amide bonds. The maximum Gasteiger partial charge on any atom is 0.150 e. The molecule has 1 aliphatic rings. The van der Waals surface area contributed by atoms with Gasteiger partial charge in [-0.2, -0.15) is 0 Å². The van der Waals surface area contributed by atoms with Gasteiger partial charge in [0.25, 0.3) is 0 Å². The van der Waals surface area contributed by atoms with Gasteiger partial charge in [0, 0.05) is 22.4 Å². The molecule has 3 atom stereocenters. The second-order valence-electron chi connectivity index (χ2n) is 5.72. The minimum absolute atomic E-state index is 0.0330. The molecule has 1 saturated carbocycles. The Morgan fingerprint density at radius 1 is 1.35 bits per heavy atom. The van der Waals surface area contributed by atoms with Crippen LogP contribution < -0.4 is 5.73 Å². The van der Waals surface area contributed by atoms with E-state index in [2.05, 4.69) is 12.1 Å². The van der Waals surface area contributed by atoms with E-state index in [0.717, 1.165) is 31.2 Å². The molecule has 2 rings (SSSR count). The van der Waals surface area contributed by atoms with Crippen LogP contribution in [0.15, 0.2) is 29.2 Å². The molecule has 0 bridgehead atoms. The Bertz CT molecular complexity index is 555. The largest absolute Gasteiger partial charge is 0.324 e. The molecule has 112 valence electrons. The maximum atomic E-state index is 11.7. The monoisotopic (exact) mass is 313 g/mol. The van der Waals surface area contributed by atoms with Crippen molar-refractivity contribution in [2.75, 3.05) is 6.26 Å². The highest BCUT2D eigenvalue weighted by Gasteiger charge is 2.29. The van der Waals surface area contributed by atoms with Crippen LogP contribution in [0.2, 0.25) is 0 Å². The number of nitrogens with two attached hydrogens (primary N) is 1. The van der Waals surface area contributed by atoms with E-state index in [9.17, 15) is 8.42 Å². The van der Waals surface area contributed by atoms with Gasteiger partial charge in [0.1, 0.15) is 9.84 Å². The summed E-state index contributed by atoms with van der Waals surface area (Å²) in [4.78, 5) is 1.19. The van der Waals surface area contributed by atoms with Crippen LogP contribution >= 0.6 is 11.8 Å². The third-order valence-electron chi connectivity index (χ3n) is 3.87. The molecule has 20 heavy (non-hydrogen) atoms. The van der Waals surface area contributed by atoms with Crippen molar-refractivity contribution in [3.05, 3.63) is 29.8 Å². The summed E-state index contributed by atoms with van der Waals surface area (Å²) >= 11 is 1.80. The Kier molecular flexibility index (Phi) is 5.15. The molecule has 1 aliphatic carbocycles. The topological polar surface area (TPSA) is 60.2 Å². The quantitative estimate of drug-likeness (QED) is 0.927. The number of sulfone groups is 1. The Hall–Kier alpha value is -0.520. The van der Waals surface area contributed by atoms with Crippen molar-refractivity contribution in [1.29, 1.82) is 0 Å². The molecule has 0 saturated heterocycles. The van der Waals surface area contributed by atoms with Gasteiger partial charge < -0.3 is 5.73 Å². The average molecular weight is 313 g/mol. The van der Waals surface area contributed by atoms with Crippen LogP contribution in [0, 0.1) is 0 Å². The van der Waals surface area contributed by atoms with Crippen LogP contribution in [-0.2, 0) is 9.84 Å². The van der Waals surface area contributed by atoms with Crippen LogP contribution in [0.1, 0.15) is 44.2 Å². The molecule has 5 heteroatoms. The lowest BCUT2D eigenvalue weighted by molar-refractivity contribution is 0.495. The van der Waals surface area contributed by atoms with Gasteiger partial charge in [-0.25, -0.2) is 8.42 Å². The Morgan fingerprint density at radius 3 is 2.75 bits per heavy atom. The minimum atomic E-state index is -2.91. The van der Waals surface area contributed by atoms with E-state index in [4.69, 9.17) is 5.73 Å². The van der Waals surface area contributed by atoms with Gasteiger partial charge in [-0.1, -0.05) is 18.6 Å². The van der Waals surface area contributed by atoms with Gasteiger partial charge in [0.15, 0.2) is 0 Å². The third kappa shape index (κ3) is 4.24. The Morgan fingerprint density at radius 2 is 2.10 bits per heavy atom. The van der Waals surface area contributed by atoms with Crippen LogP contribution in [0.5, 0.6) is 0 Å². The molecule has 0 aromatic heterocycles. The van der Waals surface area contributed by atoms with Crippen LogP contribution in [0.25, 0.3) is 0 Å². The van der Waals surface area contributed by atoms with Gasteiger partial charge in [0.2, 0.25) is 0 Å². The minimum Gasteiger partial charge on any atom is -0.324 e. The SMILES string of the molecule is CC(N)c1cccc(SC2CCCC(S(C)(=O)=O)C2)c1. The summed E-state index contributed by atoms with van der Waals surface area (Å²) in [6.45, 7) is 1.98. The van der Waals surface area contributed by atoms with Crippen molar-refractivity contribution in [3.63, 3.8) is 0 Å².